The predicted molar refractivity (Wildman–Crippen MR) is 48.9 cm³/mol. The lowest BCUT2D eigenvalue weighted by atomic mass is 10.2. The highest BCUT2D eigenvalue weighted by Gasteiger charge is 2.05. The predicted octanol–water partition coefficient (Wildman–Crippen LogP) is 0.992. The van der Waals surface area contributed by atoms with Crippen LogP contribution in [0, 0.1) is 0 Å². The number of carboxylic acids is 1. The Balaban J connectivity index is 2.50. The van der Waals surface area contributed by atoms with Crippen molar-refractivity contribution in [1.29, 1.82) is 0 Å². The molecule has 1 aromatic carbocycles. The van der Waals surface area contributed by atoms with Crippen LogP contribution >= 0.6 is 0 Å². The standard InChI is InChI=1S/C8H6BO6/c10-7(11)5-1-3-6(4-2-5)14-9-15-8(12)13/h1-4H,(H,10,11)(H,12,13). The summed E-state index contributed by atoms with van der Waals surface area (Å²) in [5.74, 6) is -0.770. The second-order valence-corrected chi connectivity index (χ2v) is 2.43. The molecule has 0 aromatic heterocycles. The van der Waals surface area contributed by atoms with Crippen molar-refractivity contribution in [3.05, 3.63) is 29.8 Å². The van der Waals surface area contributed by atoms with Gasteiger partial charge < -0.3 is 19.5 Å². The summed E-state index contributed by atoms with van der Waals surface area (Å²) in [5.41, 5.74) is 0.113. The Bertz CT molecular complexity index is 360. The van der Waals surface area contributed by atoms with Gasteiger partial charge in [-0.25, -0.2) is 9.59 Å². The van der Waals surface area contributed by atoms with Gasteiger partial charge in [0.05, 0.1) is 5.56 Å². The van der Waals surface area contributed by atoms with Crippen molar-refractivity contribution in [2.24, 2.45) is 0 Å². The molecule has 0 heterocycles. The molecule has 0 amide bonds. The molecule has 0 spiro atoms. The molecular weight excluding hydrogens is 203 g/mol. The minimum atomic E-state index is -1.49. The van der Waals surface area contributed by atoms with Crippen molar-refractivity contribution >= 4 is 19.8 Å². The smallest absolute Gasteiger partial charge is 0.526 e. The summed E-state index contributed by atoms with van der Waals surface area (Å²) in [5, 5.41) is 16.7. The van der Waals surface area contributed by atoms with Crippen LogP contribution in [0.5, 0.6) is 5.75 Å². The van der Waals surface area contributed by atoms with Gasteiger partial charge in [0.2, 0.25) is 0 Å². The Hall–Kier alpha value is -2.18. The SMILES string of the molecule is O=C(O)O[B]Oc1ccc(C(=O)O)cc1. The van der Waals surface area contributed by atoms with Gasteiger partial charge >= 0.3 is 19.8 Å². The van der Waals surface area contributed by atoms with Crippen LogP contribution < -0.4 is 4.65 Å². The summed E-state index contributed by atoms with van der Waals surface area (Å²) in [4.78, 5) is 20.4. The summed E-state index contributed by atoms with van der Waals surface area (Å²) in [7, 11) is 0.637. The quantitative estimate of drug-likeness (QED) is 0.718. The van der Waals surface area contributed by atoms with Gasteiger partial charge in [-0.2, -0.15) is 0 Å². The van der Waals surface area contributed by atoms with Crippen LogP contribution in [0.25, 0.3) is 0 Å². The largest absolute Gasteiger partial charge is 0.662 e. The highest BCUT2D eigenvalue weighted by molar-refractivity contribution is 6.22. The van der Waals surface area contributed by atoms with Crippen LogP contribution in [0.2, 0.25) is 0 Å². The molecule has 0 saturated carbocycles. The first-order chi connectivity index (χ1) is 7.09. The first-order valence-corrected chi connectivity index (χ1v) is 3.81. The lowest BCUT2D eigenvalue weighted by Crippen LogP contribution is -2.11. The van der Waals surface area contributed by atoms with Gasteiger partial charge in [0.25, 0.3) is 0 Å². The molecule has 0 bridgehead atoms. The van der Waals surface area contributed by atoms with Gasteiger partial charge in [0.15, 0.2) is 0 Å². The van der Waals surface area contributed by atoms with Gasteiger partial charge in [-0.3, -0.25) is 0 Å². The molecule has 0 aliphatic carbocycles. The summed E-state index contributed by atoms with van der Waals surface area (Å²) < 4.78 is 8.71. The maximum Gasteiger partial charge on any atom is 0.662 e. The molecule has 0 unspecified atom stereocenters. The average Bonchev–Trinajstić information content (AvgIpc) is 2.18. The Labute approximate surface area is 85.4 Å². The molecule has 7 heteroatoms. The van der Waals surface area contributed by atoms with Gasteiger partial charge in [-0.15, -0.1) is 0 Å². The third-order valence-corrected chi connectivity index (χ3v) is 1.43. The molecule has 15 heavy (non-hydrogen) atoms. The van der Waals surface area contributed by atoms with Gasteiger partial charge in [0, 0.05) is 0 Å². The number of carbonyl (C=O) groups is 2. The van der Waals surface area contributed by atoms with Crippen molar-refractivity contribution in [2.45, 2.75) is 0 Å². The maximum atomic E-state index is 10.5. The van der Waals surface area contributed by atoms with E-state index in [0.717, 1.165) is 0 Å². The van der Waals surface area contributed by atoms with Gasteiger partial charge in [-0.1, -0.05) is 0 Å². The van der Waals surface area contributed by atoms with Crippen LogP contribution in [0.1, 0.15) is 10.4 Å². The molecule has 0 aliphatic heterocycles. The lowest BCUT2D eigenvalue weighted by molar-refractivity contribution is 0.0696. The zero-order valence-electron chi connectivity index (χ0n) is 7.41. The third-order valence-electron chi connectivity index (χ3n) is 1.43. The van der Waals surface area contributed by atoms with E-state index < -0.39 is 12.1 Å². The molecule has 0 atom stereocenters. The highest BCUT2D eigenvalue weighted by atomic mass is 16.7. The number of carboxylic acid groups (broad SMARTS) is 2. The Kier molecular flexibility index (Phi) is 3.56. The summed E-state index contributed by atoms with van der Waals surface area (Å²) in [6, 6.07) is 5.41. The number of benzene rings is 1. The number of aromatic carboxylic acids is 1. The fourth-order valence-electron chi connectivity index (χ4n) is 0.797. The highest BCUT2D eigenvalue weighted by Crippen LogP contribution is 2.11. The van der Waals surface area contributed by atoms with Crippen LogP contribution in [-0.2, 0) is 4.65 Å². The van der Waals surface area contributed by atoms with Crippen molar-refractivity contribution in [1.82, 2.24) is 0 Å². The van der Waals surface area contributed by atoms with Gasteiger partial charge in [-0.05, 0) is 24.3 Å². The monoisotopic (exact) mass is 209 g/mol. The molecule has 1 rings (SSSR count). The first kappa shape index (κ1) is 10.9. The van der Waals surface area contributed by atoms with E-state index in [0.29, 0.717) is 7.69 Å². The number of hydrogen-bond donors (Lipinski definition) is 2. The average molecular weight is 209 g/mol. The molecule has 0 fully saturated rings. The molecular formula is C8H6BO6. The van der Waals surface area contributed by atoms with E-state index in [9.17, 15) is 9.59 Å². The molecule has 6 nitrogen and oxygen atoms in total. The van der Waals surface area contributed by atoms with Crippen LogP contribution in [0.3, 0.4) is 0 Å². The fourth-order valence-corrected chi connectivity index (χ4v) is 0.797. The number of rotatable bonds is 4. The summed E-state index contributed by atoms with van der Waals surface area (Å²) in [6.45, 7) is 0. The topological polar surface area (TPSA) is 93.1 Å². The minimum Gasteiger partial charge on any atom is -0.526 e. The van der Waals surface area contributed by atoms with Crippen molar-refractivity contribution < 1.29 is 29.1 Å². The van der Waals surface area contributed by atoms with Crippen LogP contribution in [0.15, 0.2) is 24.3 Å². The minimum absolute atomic E-state index is 0.113. The third kappa shape index (κ3) is 3.59. The number of hydrogen-bond acceptors (Lipinski definition) is 4. The van der Waals surface area contributed by atoms with E-state index in [1.807, 2.05) is 0 Å². The second kappa shape index (κ2) is 4.89. The Morgan fingerprint density at radius 3 is 2.20 bits per heavy atom. The molecule has 2 N–H and O–H groups in total. The summed E-state index contributed by atoms with van der Waals surface area (Å²) in [6.07, 6.45) is -1.49. The molecule has 0 aliphatic rings. The maximum absolute atomic E-state index is 10.5. The lowest BCUT2D eigenvalue weighted by Gasteiger charge is -2.02. The summed E-state index contributed by atoms with van der Waals surface area (Å²) >= 11 is 0. The van der Waals surface area contributed by atoms with Crippen molar-refractivity contribution in [3.8, 4) is 5.75 Å². The van der Waals surface area contributed by atoms with E-state index in [2.05, 4.69) is 4.65 Å². The van der Waals surface area contributed by atoms with Crippen LogP contribution in [-0.4, -0.2) is 30.0 Å². The fraction of sp³-hybridized carbons (Fsp3) is 0. The van der Waals surface area contributed by atoms with E-state index in [4.69, 9.17) is 14.9 Å². The van der Waals surface area contributed by atoms with E-state index in [1.165, 1.54) is 24.3 Å². The Morgan fingerprint density at radius 2 is 1.73 bits per heavy atom. The molecule has 1 radical (unpaired) electrons. The molecule has 0 saturated heterocycles. The Morgan fingerprint density at radius 1 is 1.13 bits per heavy atom. The van der Waals surface area contributed by atoms with Crippen molar-refractivity contribution in [3.63, 3.8) is 0 Å². The normalized spacial score (nSPS) is 9.07. The van der Waals surface area contributed by atoms with E-state index >= 15 is 0 Å². The molecule has 1 aromatic rings. The van der Waals surface area contributed by atoms with E-state index in [-0.39, 0.29) is 11.3 Å². The van der Waals surface area contributed by atoms with Gasteiger partial charge in [0.1, 0.15) is 5.75 Å². The zero-order valence-corrected chi connectivity index (χ0v) is 7.41. The molecule has 77 valence electrons. The van der Waals surface area contributed by atoms with Crippen LogP contribution in [0.4, 0.5) is 4.79 Å². The first-order valence-electron chi connectivity index (χ1n) is 3.81. The van der Waals surface area contributed by atoms with Crippen molar-refractivity contribution in [2.75, 3.05) is 0 Å². The van der Waals surface area contributed by atoms with E-state index in [1.54, 1.807) is 0 Å². The second-order valence-electron chi connectivity index (χ2n) is 2.43. The zero-order chi connectivity index (χ0) is 11.3.